The first kappa shape index (κ1) is 30.1. The van der Waals surface area contributed by atoms with Gasteiger partial charge in [-0.3, -0.25) is 9.59 Å². The molecule has 4 aliphatic rings. The maximum Gasteiger partial charge on any atom is 0.220 e. The number of primary amides is 1. The molecule has 0 radical (unpaired) electrons. The molecule has 2 aromatic rings. The van der Waals surface area contributed by atoms with Gasteiger partial charge in [-0.2, -0.15) is 0 Å². The van der Waals surface area contributed by atoms with Crippen LogP contribution in [0.5, 0.6) is 0 Å². The Hall–Kier alpha value is -2.32. The lowest BCUT2D eigenvalue weighted by Crippen LogP contribution is -2.54. The molecule has 1 aromatic heterocycles. The Morgan fingerprint density at radius 1 is 1.07 bits per heavy atom. The molecule has 1 aliphatic heterocycles. The number of rotatable bonds is 5. The van der Waals surface area contributed by atoms with E-state index in [0.717, 1.165) is 72.5 Å². The predicted molar refractivity (Wildman–Crippen MR) is 164 cm³/mol. The molecular formula is C34H46N2O4S. The quantitative estimate of drug-likeness (QED) is 0.320. The monoisotopic (exact) mass is 578 g/mol. The molecule has 1 aromatic carbocycles. The number of hydrogen-bond acceptors (Lipinski definition) is 6. The van der Waals surface area contributed by atoms with Crippen molar-refractivity contribution >= 4 is 23.0 Å². The maximum atomic E-state index is 14.0. The highest BCUT2D eigenvalue weighted by molar-refractivity contribution is 7.14. The lowest BCUT2D eigenvalue weighted by Gasteiger charge is -2.47. The van der Waals surface area contributed by atoms with Gasteiger partial charge in [0.25, 0.3) is 0 Å². The van der Waals surface area contributed by atoms with Crippen LogP contribution in [-0.4, -0.2) is 58.1 Å². The van der Waals surface area contributed by atoms with Crippen LogP contribution in [0.15, 0.2) is 42.0 Å². The van der Waals surface area contributed by atoms with E-state index in [-0.39, 0.29) is 23.5 Å². The van der Waals surface area contributed by atoms with Crippen molar-refractivity contribution in [1.82, 2.24) is 4.90 Å². The van der Waals surface area contributed by atoms with E-state index in [2.05, 4.69) is 37.0 Å². The molecule has 2 heterocycles. The number of likely N-dealkylation sites (tertiary alicyclic amines) is 1. The summed E-state index contributed by atoms with van der Waals surface area (Å²) in [5.74, 6) is -0.254. The number of fused-ring (bicyclic) bond motifs is 8. The van der Waals surface area contributed by atoms with E-state index < -0.39 is 17.1 Å². The van der Waals surface area contributed by atoms with Crippen LogP contribution in [0.3, 0.4) is 0 Å². The Labute approximate surface area is 248 Å². The van der Waals surface area contributed by atoms with Crippen LogP contribution >= 0.6 is 11.3 Å². The summed E-state index contributed by atoms with van der Waals surface area (Å²) in [5.41, 5.74) is 8.18. The molecule has 1 saturated heterocycles. The minimum atomic E-state index is -0.926. The zero-order valence-electron chi connectivity index (χ0n) is 24.8. The summed E-state index contributed by atoms with van der Waals surface area (Å²) >= 11 is 1.52. The summed E-state index contributed by atoms with van der Waals surface area (Å²) in [4.78, 5) is 29.9. The van der Waals surface area contributed by atoms with Crippen molar-refractivity contribution in [3.63, 3.8) is 0 Å². The average Bonchev–Trinajstić information content (AvgIpc) is 3.48. The second kappa shape index (κ2) is 12.1. The van der Waals surface area contributed by atoms with Crippen molar-refractivity contribution in [1.29, 1.82) is 0 Å². The van der Waals surface area contributed by atoms with E-state index >= 15 is 0 Å². The fraction of sp³-hybridized carbons (Fsp3) is 0.588. The second-order valence-electron chi connectivity index (χ2n) is 13.1. The van der Waals surface area contributed by atoms with Gasteiger partial charge in [-0.15, -0.1) is 11.3 Å². The number of nitrogens with two attached hydrogens (primary N) is 1. The molecule has 4 N–H and O–H groups in total. The van der Waals surface area contributed by atoms with Crippen LogP contribution in [0, 0.1) is 18.3 Å². The molecule has 3 aliphatic carbocycles. The zero-order valence-corrected chi connectivity index (χ0v) is 25.6. The number of carbonyl (C=O) groups excluding carboxylic acids is 2. The van der Waals surface area contributed by atoms with Gasteiger partial charge in [0.05, 0.1) is 16.6 Å². The van der Waals surface area contributed by atoms with Crippen LogP contribution in [0.25, 0.3) is 0 Å². The molecule has 6 nitrogen and oxygen atoms in total. The van der Waals surface area contributed by atoms with E-state index in [1.807, 2.05) is 25.1 Å². The summed E-state index contributed by atoms with van der Waals surface area (Å²) < 4.78 is 0. The number of aliphatic hydroxyl groups excluding tert-OH is 1. The Morgan fingerprint density at radius 3 is 2.51 bits per heavy atom. The first-order chi connectivity index (χ1) is 19.5. The van der Waals surface area contributed by atoms with E-state index in [0.29, 0.717) is 31.4 Å². The number of aryl methyl sites for hydroxylation is 1. The largest absolute Gasteiger partial charge is 0.393 e. The molecule has 7 heteroatoms. The van der Waals surface area contributed by atoms with Crippen LogP contribution in [-0.2, 0) is 11.2 Å². The summed E-state index contributed by atoms with van der Waals surface area (Å²) in [7, 11) is 0. The fourth-order valence-corrected chi connectivity index (χ4v) is 8.45. The summed E-state index contributed by atoms with van der Waals surface area (Å²) in [6.07, 6.45) is 8.44. The van der Waals surface area contributed by atoms with Gasteiger partial charge in [0.15, 0.2) is 0 Å². The number of aliphatic hydroxyl groups is 2. The number of β-amino-alcohol motifs (C(OH)–C–C–N with tert-alkyl or cyclic N) is 1. The minimum absolute atomic E-state index is 0.0197. The van der Waals surface area contributed by atoms with Gasteiger partial charge in [0.1, 0.15) is 0 Å². The first-order valence-electron chi connectivity index (χ1n) is 15.3. The van der Waals surface area contributed by atoms with Crippen molar-refractivity contribution in [3.05, 3.63) is 68.4 Å². The van der Waals surface area contributed by atoms with Gasteiger partial charge < -0.3 is 20.8 Å². The molecule has 1 saturated carbocycles. The van der Waals surface area contributed by atoms with Crippen molar-refractivity contribution in [3.8, 4) is 0 Å². The number of allylic oxidation sites excluding steroid dienone is 2. The third-order valence-corrected chi connectivity index (χ3v) is 11.4. The second-order valence-corrected chi connectivity index (χ2v) is 14.4. The van der Waals surface area contributed by atoms with Gasteiger partial charge in [0.2, 0.25) is 11.7 Å². The van der Waals surface area contributed by atoms with Crippen LogP contribution < -0.4 is 5.73 Å². The molecular weight excluding hydrogens is 532 g/mol. The Balaban J connectivity index is 1.54. The highest BCUT2D eigenvalue weighted by Gasteiger charge is 2.57. The predicted octanol–water partition coefficient (Wildman–Crippen LogP) is 5.52. The number of benzene rings is 1. The number of carbonyl (C=O) groups is 2. The zero-order chi connectivity index (χ0) is 29.4. The number of amides is 1. The number of ketones is 1. The lowest BCUT2D eigenvalue weighted by molar-refractivity contribution is -0.124. The standard InChI is InChI=1S/C34H46N2O4S/c1-22-5-4-15-33(3)29(12-16-34(33,40)21-36-17-13-25(14-18-36)32(35)39)27-10-8-24(19-26(37)9-6-22)20-28(27)31(38)30-11-7-23(2)41-30/h5,7-8,10-11,20,25-26,29,37,40H,4,6,9,12-19,21H2,1-3H3,(H2,35,39)/t26-,29-,33-,34+/m0/s1. The fourth-order valence-electron chi connectivity index (χ4n) is 7.63. The molecule has 0 spiro atoms. The Morgan fingerprint density at radius 2 is 1.83 bits per heavy atom. The number of thiophene rings is 1. The summed E-state index contributed by atoms with van der Waals surface area (Å²) in [5, 5.41) is 23.3. The Kier molecular flexibility index (Phi) is 8.91. The van der Waals surface area contributed by atoms with Crippen LogP contribution in [0.4, 0.5) is 0 Å². The van der Waals surface area contributed by atoms with Crippen molar-refractivity contribution < 1.29 is 19.8 Å². The minimum Gasteiger partial charge on any atom is -0.393 e. The van der Waals surface area contributed by atoms with Crippen LogP contribution in [0.1, 0.15) is 102 Å². The highest BCUT2D eigenvalue weighted by atomic mass is 32.1. The number of hydrogen-bond donors (Lipinski definition) is 3. The highest BCUT2D eigenvalue weighted by Crippen LogP contribution is 2.59. The normalized spacial score (nSPS) is 30.0. The van der Waals surface area contributed by atoms with Gasteiger partial charge in [-0.25, -0.2) is 0 Å². The molecule has 0 unspecified atom stereocenters. The van der Waals surface area contributed by atoms with Crippen LogP contribution in [0.2, 0.25) is 0 Å². The molecule has 2 bridgehead atoms. The molecule has 41 heavy (non-hydrogen) atoms. The van der Waals surface area contributed by atoms with E-state index in [9.17, 15) is 19.8 Å². The van der Waals surface area contributed by atoms with Gasteiger partial charge >= 0.3 is 0 Å². The van der Waals surface area contributed by atoms with Crippen molar-refractivity contribution in [2.24, 2.45) is 17.1 Å². The van der Waals surface area contributed by atoms with Crippen molar-refractivity contribution in [2.45, 2.75) is 96.2 Å². The smallest absolute Gasteiger partial charge is 0.220 e. The molecule has 1 amide bonds. The summed E-state index contributed by atoms with van der Waals surface area (Å²) in [6, 6.07) is 10.1. The van der Waals surface area contributed by atoms with Gasteiger partial charge in [0, 0.05) is 28.3 Å². The number of piperidine rings is 1. The Bertz CT molecular complexity index is 1310. The molecule has 4 atom stereocenters. The average molecular weight is 579 g/mol. The topological polar surface area (TPSA) is 104 Å². The molecule has 222 valence electrons. The van der Waals surface area contributed by atoms with E-state index in [1.54, 1.807) is 0 Å². The third kappa shape index (κ3) is 6.24. The van der Waals surface area contributed by atoms with E-state index in [1.165, 1.54) is 16.9 Å². The number of nitrogens with zero attached hydrogens (tertiary/aromatic N) is 1. The van der Waals surface area contributed by atoms with Gasteiger partial charge in [-0.1, -0.05) is 30.7 Å². The van der Waals surface area contributed by atoms with E-state index in [4.69, 9.17) is 5.73 Å². The SMILES string of the molecule is CC1=CCC[C@@]2(C)[C@@H](CC[C@@]2(O)CN2CCC(C(N)=O)CC2)c2ccc(cc2C(=O)c2ccc(C)s2)C[C@@H](O)CC1. The van der Waals surface area contributed by atoms with Gasteiger partial charge in [-0.05, 0) is 120 Å². The summed E-state index contributed by atoms with van der Waals surface area (Å²) in [6.45, 7) is 8.46. The molecule has 6 rings (SSSR count). The molecule has 2 fully saturated rings. The third-order valence-electron chi connectivity index (χ3n) is 10.4. The lowest BCUT2D eigenvalue weighted by atomic mass is 9.64. The van der Waals surface area contributed by atoms with Crippen molar-refractivity contribution in [2.75, 3.05) is 19.6 Å². The first-order valence-corrected chi connectivity index (χ1v) is 16.1. The maximum absolute atomic E-state index is 14.0.